The molecule has 1 aliphatic carbocycles. The molecular weight excluding hydrogens is 326 g/mol. The van der Waals surface area contributed by atoms with Crippen molar-refractivity contribution in [2.75, 3.05) is 6.54 Å². The van der Waals surface area contributed by atoms with E-state index in [1.54, 1.807) is 0 Å². The van der Waals surface area contributed by atoms with Crippen molar-refractivity contribution in [1.82, 2.24) is 16.0 Å². The van der Waals surface area contributed by atoms with Gasteiger partial charge in [-0.1, -0.05) is 18.0 Å². The molecule has 1 aromatic heterocycles. The zero-order chi connectivity index (χ0) is 15.9. The fraction of sp³-hybridized carbons (Fsp3) is 0.500. The number of hydrogen-bond acceptors (Lipinski definition) is 4. The fourth-order valence-electron chi connectivity index (χ4n) is 3.20. The van der Waals surface area contributed by atoms with Gasteiger partial charge in [-0.25, -0.2) is 4.79 Å². The Labute approximate surface area is 136 Å². The van der Waals surface area contributed by atoms with Crippen LogP contribution in [0, 0.1) is 12.8 Å². The summed E-state index contributed by atoms with van der Waals surface area (Å²) in [6.07, 6.45) is 2.22. The summed E-state index contributed by atoms with van der Waals surface area (Å²) in [5, 5.41) is 10.2. The van der Waals surface area contributed by atoms with Crippen molar-refractivity contribution in [3.63, 3.8) is 0 Å². The Balaban J connectivity index is 1.68. The quantitative estimate of drug-likeness (QED) is 0.733. The molecule has 118 valence electrons. The van der Waals surface area contributed by atoms with Gasteiger partial charge in [0.25, 0.3) is 11.8 Å². The molecule has 0 aromatic carbocycles. The molecule has 3 N–H and O–H groups in total. The number of nitrogens with one attached hydrogen (secondary N) is 3. The topological polar surface area (TPSA) is 87.3 Å². The fourth-order valence-corrected chi connectivity index (χ4v) is 4.40. The lowest BCUT2D eigenvalue weighted by Gasteiger charge is -2.28. The Morgan fingerprint density at radius 3 is 2.91 bits per heavy atom. The first kappa shape index (κ1) is 15.3. The van der Waals surface area contributed by atoms with Crippen molar-refractivity contribution in [3.05, 3.63) is 20.8 Å². The highest BCUT2D eigenvalue weighted by molar-refractivity contribution is 7.13. The van der Waals surface area contributed by atoms with E-state index in [2.05, 4.69) is 16.0 Å². The number of carbonyl (C=O) groups is 3. The highest BCUT2D eigenvalue weighted by Gasteiger charge is 2.54. The molecule has 1 saturated carbocycles. The van der Waals surface area contributed by atoms with Crippen LogP contribution in [-0.4, -0.2) is 29.9 Å². The van der Waals surface area contributed by atoms with Gasteiger partial charge < -0.3 is 10.6 Å². The maximum atomic E-state index is 12.2. The van der Waals surface area contributed by atoms with Crippen molar-refractivity contribution in [3.8, 4) is 0 Å². The summed E-state index contributed by atoms with van der Waals surface area (Å²) in [4.78, 5) is 36.2. The smallest absolute Gasteiger partial charge is 0.322 e. The number of amides is 4. The Morgan fingerprint density at radius 2 is 2.32 bits per heavy atom. The van der Waals surface area contributed by atoms with E-state index in [0.717, 1.165) is 18.4 Å². The molecule has 8 heteroatoms. The van der Waals surface area contributed by atoms with Crippen LogP contribution < -0.4 is 16.0 Å². The molecule has 2 aliphatic rings. The number of thiophene rings is 1. The average molecular weight is 342 g/mol. The average Bonchev–Trinajstić information content (AvgIpc) is 3.10. The Hall–Kier alpha value is -1.60. The maximum absolute atomic E-state index is 12.2. The standard InChI is InChI=1S/C14H16ClN3O3S/c1-7-6-22-10(9(7)15)11(19)16-5-8-3-2-4-14(8)12(20)17-13(21)18-14/h6,8H,2-5H2,1H3,(H,16,19)(H2,17,18,20,21)/t8-,14-/m0/s1. The summed E-state index contributed by atoms with van der Waals surface area (Å²) in [5.41, 5.74) is -0.00363. The van der Waals surface area contributed by atoms with Crippen LogP contribution in [0.4, 0.5) is 4.79 Å². The van der Waals surface area contributed by atoms with Crippen molar-refractivity contribution in [1.29, 1.82) is 0 Å². The molecule has 1 aliphatic heterocycles. The molecular formula is C14H16ClN3O3S. The predicted octanol–water partition coefficient (Wildman–Crippen LogP) is 1.82. The van der Waals surface area contributed by atoms with Gasteiger partial charge in [0.1, 0.15) is 10.4 Å². The molecule has 2 heterocycles. The molecule has 3 rings (SSSR count). The Kier molecular flexibility index (Phi) is 3.86. The lowest BCUT2D eigenvalue weighted by atomic mass is 9.87. The maximum Gasteiger partial charge on any atom is 0.322 e. The normalized spacial score (nSPS) is 27.1. The summed E-state index contributed by atoms with van der Waals surface area (Å²) in [7, 11) is 0. The second-order valence-electron chi connectivity index (χ2n) is 5.74. The highest BCUT2D eigenvalue weighted by atomic mass is 35.5. The third-order valence-electron chi connectivity index (χ3n) is 4.40. The highest BCUT2D eigenvalue weighted by Crippen LogP contribution is 2.37. The molecule has 0 bridgehead atoms. The third-order valence-corrected chi connectivity index (χ3v) is 6.10. The minimum atomic E-state index is -0.875. The van der Waals surface area contributed by atoms with Gasteiger partial charge in [-0.05, 0) is 30.7 Å². The van der Waals surface area contributed by atoms with Gasteiger partial charge in [0.05, 0.1) is 5.02 Å². The van der Waals surface area contributed by atoms with Crippen molar-refractivity contribution in [2.45, 2.75) is 31.7 Å². The Morgan fingerprint density at radius 1 is 1.55 bits per heavy atom. The largest absolute Gasteiger partial charge is 0.351 e. The molecule has 2 fully saturated rings. The van der Waals surface area contributed by atoms with Crippen LogP contribution in [0.5, 0.6) is 0 Å². The molecule has 22 heavy (non-hydrogen) atoms. The van der Waals surface area contributed by atoms with E-state index in [9.17, 15) is 14.4 Å². The van der Waals surface area contributed by atoms with E-state index in [0.29, 0.717) is 22.9 Å². The zero-order valence-corrected chi connectivity index (χ0v) is 13.6. The molecule has 1 saturated heterocycles. The minimum absolute atomic E-state index is 0.109. The number of hydrogen-bond donors (Lipinski definition) is 3. The molecule has 6 nitrogen and oxygen atoms in total. The molecule has 4 amide bonds. The molecule has 2 atom stereocenters. The first-order valence-corrected chi connectivity index (χ1v) is 8.35. The third kappa shape index (κ3) is 2.38. The number of carbonyl (C=O) groups excluding carboxylic acids is 3. The van der Waals surface area contributed by atoms with Crippen molar-refractivity contribution < 1.29 is 14.4 Å². The molecule has 1 spiro atoms. The van der Waals surface area contributed by atoms with E-state index in [-0.39, 0.29) is 17.7 Å². The monoisotopic (exact) mass is 341 g/mol. The second kappa shape index (κ2) is 5.55. The SMILES string of the molecule is Cc1csc(C(=O)NC[C@@H]2CCC[C@]23NC(=O)NC3=O)c1Cl. The number of halogens is 1. The number of rotatable bonds is 3. The van der Waals surface area contributed by atoms with Gasteiger partial charge in [-0.2, -0.15) is 0 Å². The molecule has 1 aromatic rings. The van der Waals surface area contributed by atoms with Gasteiger partial charge in [-0.15, -0.1) is 11.3 Å². The van der Waals surface area contributed by atoms with Crippen LogP contribution in [0.2, 0.25) is 5.02 Å². The van der Waals surface area contributed by atoms with E-state index in [4.69, 9.17) is 11.6 Å². The minimum Gasteiger partial charge on any atom is -0.351 e. The summed E-state index contributed by atoms with van der Waals surface area (Å²) in [6, 6.07) is -0.458. The van der Waals surface area contributed by atoms with Crippen LogP contribution in [0.25, 0.3) is 0 Å². The van der Waals surface area contributed by atoms with Gasteiger partial charge in [0, 0.05) is 12.5 Å². The van der Waals surface area contributed by atoms with Crippen LogP contribution in [0.1, 0.15) is 34.5 Å². The van der Waals surface area contributed by atoms with Crippen molar-refractivity contribution in [2.24, 2.45) is 5.92 Å². The van der Waals surface area contributed by atoms with Crippen LogP contribution >= 0.6 is 22.9 Å². The van der Waals surface area contributed by atoms with E-state index in [1.807, 2.05) is 12.3 Å². The van der Waals surface area contributed by atoms with E-state index >= 15 is 0 Å². The van der Waals surface area contributed by atoms with Crippen LogP contribution in [0.15, 0.2) is 5.38 Å². The van der Waals surface area contributed by atoms with Gasteiger partial charge in [-0.3, -0.25) is 14.9 Å². The summed E-state index contributed by atoms with van der Waals surface area (Å²) in [6.45, 7) is 2.18. The summed E-state index contributed by atoms with van der Waals surface area (Å²) >= 11 is 7.39. The lowest BCUT2D eigenvalue weighted by molar-refractivity contribution is -0.125. The van der Waals surface area contributed by atoms with Crippen LogP contribution in [0.3, 0.4) is 0 Å². The van der Waals surface area contributed by atoms with Crippen molar-refractivity contribution >= 4 is 40.8 Å². The summed E-state index contributed by atoms with van der Waals surface area (Å²) in [5.74, 6) is -0.642. The van der Waals surface area contributed by atoms with Gasteiger partial charge in [0.15, 0.2) is 0 Å². The summed E-state index contributed by atoms with van der Waals surface area (Å²) < 4.78 is 0. The first-order valence-electron chi connectivity index (χ1n) is 7.09. The van der Waals surface area contributed by atoms with Crippen LogP contribution in [-0.2, 0) is 4.79 Å². The molecule has 0 unspecified atom stereocenters. The van der Waals surface area contributed by atoms with E-state index < -0.39 is 11.6 Å². The Bertz CT molecular complexity index is 660. The lowest BCUT2D eigenvalue weighted by Crippen LogP contribution is -2.53. The zero-order valence-electron chi connectivity index (χ0n) is 12.0. The molecule has 0 radical (unpaired) electrons. The number of urea groups is 1. The second-order valence-corrected chi connectivity index (χ2v) is 7.00. The van der Waals surface area contributed by atoms with Gasteiger partial charge >= 0.3 is 6.03 Å². The van der Waals surface area contributed by atoms with E-state index in [1.165, 1.54) is 11.3 Å². The van der Waals surface area contributed by atoms with Gasteiger partial charge in [0.2, 0.25) is 0 Å². The predicted molar refractivity (Wildman–Crippen MR) is 83.1 cm³/mol. The first-order chi connectivity index (χ1) is 10.4. The number of aryl methyl sites for hydroxylation is 1. The number of imide groups is 1.